The average Bonchev–Trinajstić information content (AvgIpc) is 2.84. The summed E-state index contributed by atoms with van der Waals surface area (Å²) in [5, 5.41) is 14.1. The van der Waals surface area contributed by atoms with Gasteiger partial charge in [-0.1, -0.05) is 23.7 Å². The van der Waals surface area contributed by atoms with Gasteiger partial charge in [0.1, 0.15) is 5.70 Å². The van der Waals surface area contributed by atoms with E-state index in [2.05, 4.69) is 31.0 Å². The second kappa shape index (κ2) is 10.6. The number of nitrogens with one attached hydrogen (secondary N) is 4. The van der Waals surface area contributed by atoms with Crippen molar-refractivity contribution in [2.24, 2.45) is 5.11 Å². The minimum Gasteiger partial charge on any atom is -0.360 e. The van der Waals surface area contributed by atoms with Crippen molar-refractivity contribution >= 4 is 45.7 Å². The van der Waals surface area contributed by atoms with Crippen LogP contribution in [0.1, 0.15) is 17.0 Å². The highest BCUT2D eigenvalue weighted by atomic mass is 35.5. The predicted octanol–water partition coefficient (Wildman–Crippen LogP) is 7.68. The molecular formula is C26H24ClN7. The van der Waals surface area contributed by atoms with Crippen LogP contribution in [0.15, 0.2) is 90.4 Å². The van der Waals surface area contributed by atoms with Gasteiger partial charge in [-0.25, -0.2) is 5.53 Å². The zero-order chi connectivity index (χ0) is 23.9. The Morgan fingerprint density at radius 1 is 0.824 bits per heavy atom. The number of nitrogens with zero attached hydrogens (tertiary/aromatic N) is 3. The molecule has 0 saturated heterocycles. The Hall–Kier alpha value is -4.23. The number of aromatic nitrogens is 2. The Labute approximate surface area is 203 Å². The highest BCUT2D eigenvalue weighted by Gasteiger charge is 2.06. The first-order valence-electron chi connectivity index (χ1n) is 10.6. The molecule has 0 aliphatic heterocycles. The van der Waals surface area contributed by atoms with E-state index in [-0.39, 0.29) is 0 Å². The lowest BCUT2D eigenvalue weighted by molar-refractivity contribution is 1.15. The topological polar surface area (TPSA) is 98.1 Å². The maximum Gasteiger partial charge on any atom is 0.108 e. The maximum atomic E-state index is 7.59. The number of benzene rings is 2. The summed E-state index contributed by atoms with van der Waals surface area (Å²) < 4.78 is 0. The molecule has 0 aliphatic rings. The van der Waals surface area contributed by atoms with Crippen molar-refractivity contribution in [1.82, 2.24) is 9.97 Å². The molecule has 0 fully saturated rings. The Kier molecular flexibility index (Phi) is 7.15. The molecule has 170 valence electrons. The first-order chi connectivity index (χ1) is 16.5. The molecule has 2 heterocycles. The SMILES string of the molecule is Cc1cc(Nc2ccc(N/C=C(\N=N)c3ccc(Nc4ccnc(C)c4Cl)cc3)cc2)ccn1. The number of halogens is 1. The smallest absolute Gasteiger partial charge is 0.108 e. The van der Waals surface area contributed by atoms with E-state index >= 15 is 0 Å². The van der Waals surface area contributed by atoms with Crippen LogP contribution in [0.5, 0.6) is 0 Å². The van der Waals surface area contributed by atoms with Gasteiger partial charge in [0.15, 0.2) is 0 Å². The summed E-state index contributed by atoms with van der Waals surface area (Å²) in [6.07, 6.45) is 5.21. The second-order valence-corrected chi connectivity index (χ2v) is 8.01. The van der Waals surface area contributed by atoms with E-state index in [1.165, 1.54) is 0 Å². The molecule has 0 unspecified atom stereocenters. The highest BCUT2D eigenvalue weighted by Crippen LogP contribution is 2.28. The lowest BCUT2D eigenvalue weighted by Gasteiger charge is -2.10. The van der Waals surface area contributed by atoms with Crippen molar-refractivity contribution in [1.29, 1.82) is 5.53 Å². The van der Waals surface area contributed by atoms with Crippen LogP contribution in [-0.4, -0.2) is 9.97 Å². The maximum absolute atomic E-state index is 7.59. The van der Waals surface area contributed by atoms with E-state index in [0.29, 0.717) is 10.7 Å². The molecule has 4 rings (SSSR count). The number of pyridine rings is 2. The molecule has 0 aliphatic carbocycles. The molecule has 4 N–H and O–H groups in total. The first kappa shape index (κ1) is 22.9. The van der Waals surface area contributed by atoms with Gasteiger partial charge >= 0.3 is 0 Å². The lowest BCUT2D eigenvalue weighted by atomic mass is 10.1. The van der Waals surface area contributed by atoms with Crippen LogP contribution in [-0.2, 0) is 0 Å². The summed E-state index contributed by atoms with van der Waals surface area (Å²) in [6, 6.07) is 21.3. The molecule has 2 aromatic heterocycles. The Morgan fingerprint density at radius 2 is 1.47 bits per heavy atom. The third kappa shape index (κ3) is 5.76. The van der Waals surface area contributed by atoms with Crippen molar-refractivity contribution < 1.29 is 0 Å². The van der Waals surface area contributed by atoms with Crippen molar-refractivity contribution in [2.75, 3.05) is 16.0 Å². The molecule has 0 atom stereocenters. The van der Waals surface area contributed by atoms with Crippen molar-refractivity contribution in [3.63, 3.8) is 0 Å². The average molecular weight is 470 g/mol. The summed E-state index contributed by atoms with van der Waals surface area (Å²) in [7, 11) is 0. The largest absolute Gasteiger partial charge is 0.360 e. The summed E-state index contributed by atoms with van der Waals surface area (Å²) in [5.41, 5.74) is 15.2. The molecule has 0 saturated carbocycles. The lowest BCUT2D eigenvalue weighted by Crippen LogP contribution is -1.95. The molecule has 0 bridgehead atoms. The Bertz CT molecular complexity index is 1320. The summed E-state index contributed by atoms with van der Waals surface area (Å²) in [4.78, 5) is 8.38. The van der Waals surface area contributed by atoms with Crippen molar-refractivity contribution in [3.05, 3.63) is 107 Å². The van der Waals surface area contributed by atoms with Crippen molar-refractivity contribution in [3.8, 4) is 0 Å². The van der Waals surface area contributed by atoms with E-state index in [0.717, 1.165) is 45.4 Å². The predicted molar refractivity (Wildman–Crippen MR) is 139 cm³/mol. The molecule has 8 heteroatoms. The van der Waals surface area contributed by atoms with Crippen LogP contribution in [0.2, 0.25) is 5.02 Å². The van der Waals surface area contributed by atoms with Crippen molar-refractivity contribution in [2.45, 2.75) is 13.8 Å². The summed E-state index contributed by atoms with van der Waals surface area (Å²) in [5.74, 6) is 0. The van der Waals surface area contributed by atoms with E-state index in [1.807, 2.05) is 80.6 Å². The van der Waals surface area contributed by atoms with Crippen LogP contribution < -0.4 is 16.0 Å². The second-order valence-electron chi connectivity index (χ2n) is 7.63. The fourth-order valence-corrected chi connectivity index (χ4v) is 3.46. The number of rotatable bonds is 8. The fourth-order valence-electron chi connectivity index (χ4n) is 3.30. The van der Waals surface area contributed by atoms with Gasteiger partial charge in [0.05, 0.1) is 16.4 Å². The summed E-state index contributed by atoms with van der Waals surface area (Å²) in [6.45, 7) is 3.82. The number of hydrogen-bond acceptors (Lipinski definition) is 7. The van der Waals surface area contributed by atoms with Gasteiger partial charge in [-0.15, -0.1) is 0 Å². The first-order valence-corrected chi connectivity index (χ1v) is 11.0. The zero-order valence-corrected chi connectivity index (χ0v) is 19.6. The standard InChI is InChI=1S/C26H24ClN7/c1-17-15-23(11-13-29-17)32-21-9-7-20(8-10-21)31-16-25(34-28)19-3-5-22(6-4-19)33-24-12-14-30-18(2)26(24)27/h3-16,28,31H,1-2H3,(H,29,32)(H,30,33)/b25-16-,34-28?. The van der Waals surface area contributed by atoms with Gasteiger partial charge in [-0.3, -0.25) is 9.97 Å². The van der Waals surface area contributed by atoms with Gasteiger partial charge in [-0.2, -0.15) is 5.11 Å². The van der Waals surface area contributed by atoms with Crippen LogP contribution in [0.3, 0.4) is 0 Å². The van der Waals surface area contributed by atoms with E-state index < -0.39 is 0 Å². The number of aryl methyl sites for hydroxylation is 2. The monoisotopic (exact) mass is 469 g/mol. The van der Waals surface area contributed by atoms with Crippen LogP contribution in [0, 0.1) is 19.4 Å². The van der Waals surface area contributed by atoms with E-state index in [9.17, 15) is 0 Å². The van der Waals surface area contributed by atoms with Gasteiger partial charge < -0.3 is 16.0 Å². The van der Waals surface area contributed by atoms with Crippen LogP contribution in [0.4, 0.5) is 28.4 Å². The van der Waals surface area contributed by atoms with Gasteiger partial charge in [0.2, 0.25) is 0 Å². The van der Waals surface area contributed by atoms with E-state index in [4.69, 9.17) is 17.1 Å². The normalized spacial score (nSPS) is 11.1. The highest BCUT2D eigenvalue weighted by molar-refractivity contribution is 6.33. The molecule has 7 nitrogen and oxygen atoms in total. The molecule has 34 heavy (non-hydrogen) atoms. The molecule has 0 amide bonds. The van der Waals surface area contributed by atoms with Crippen LogP contribution in [0.25, 0.3) is 5.70 Å². The minimum absolute atomic E-state index is 0.513. The third-order valence-corrected chi connectivity index (χ3v) is 5.57. The van der Waals surface area contributed by atoms with Gasteiger partial charge in [0.25, 0.3) is 0 Å². The number of anilines is 5. The Balaban J connectivity index is 1.41. The van der Waals surface area contributed by atoms with Gasteiger partial charge in [-0.05, 0) is 68.4 Å². The van der Waals surface area contributed by atoms with Crippen LogP contribution >= 0.6 is 11.6 Å². The zero-order valence-electron chi connectivity index (χ0n) is 18.8. The molecule has 0 spiro atoms. The Morgan fingerprint density at radius 3 is 2.18 bits per heavy atom. The third-order valence-electron chi connectivity index (χ3n) is 5.09. The van der Waals surface area contributed by atoms with E-state index in [1.54, 1.807) is 18.6 Å². The quantitative estimate of drug-likeness (QED) is 0.198. The summed E-state index contributed by atoms with van der Waals surface area (Å²) >= 11 is 6.31. The number of hydrogen-bond donors (Lipinski definition) is 4. The fraction of sp³-hybridized carbons (Fsp3) is 0.0769. The molecule has 4 aromatic rings. The van der Waals surface area contributed by atoms with Gasteiger partial charge in [0, 0.05) is 52.6 Å². The molecular weight excluding hydrogens is 446 g/mol. The molecule has 0 radical (unpaired) electrons. The minimum atomic E-state index is 0.513. The molecule has 2 aromatic carbocycles.